The second kappa shape index (κ2) is 11.0. The number of ether oxygens (including phenoxy) is 1. The van der Waals surface area contributed by atoms with Crippen molar-refractivity contribution in [3.63, 3.8) is 0 Å². The molecular weight excluding hydrogens is 460 g/mol. The van der Waals surface area contributed by atoms with Gasteiger partial charge in [0.1, 0.15) is 11.5 Å². The van der Waals surface area contributed by atoms with Crippen LogP contribution in [0.15, 0.2) is 114 Å². The van der Waals surface area contributed by atoms with Crippen LogP contribution in [0.25, 0.3) is 0 Å². The van der Waals surface area contributed by atoms with Gasteiger partial charge in [-0.1, -0.05) is 66.2 Å². The average molecular weight is 487 g/mol. The second-order valence-electron chi connectivity index (χ2n) is 8.06. The van der Waals surface area contributed by atoms with E-state index in [-0.39, 0.29) is 18.0 Å². The lowest BCUT2D eigenvalue weighted by Gasteiger charge is -2.22. The molecule has 0 saturated carbocycles. The van der Waals surface area contributed by atoms with Crippen LogP contribution in [0, 0.1) is 6.92 Å². The minimum atomic E-state index is -3.89. The van der Waals surface area contributed by atoms with Crippen LogP contribution >= 0.6 is 0 Å². The van der Waals surface area contributed by atoms with E-state index in [4.69, 9.17) is 4.74 Å². The van der Waals surface area contributed by atoms with Crippen molar-refractivity contribution in [3.8, 4) is 11.5 Å². The summed E-state index contributed by atoms with van der Waals surface area (Å²) in [5, 5.41) is 2.78. The van der Waals surface area contributed by atoms with E-state index < -0.39 is 15.9 Å². The number of nitrogens with one attached hydrogen (secondary N) is 1. The molecule has 0 fully saturated rings. The van der Waals surface area contributed by atoms with Gasteiger partial charge in [-0.15, -0.1) is 0 Å². The van der Waals surface area contributed by atoms with Crippen LogP contribution < -0.4 is 10.1 Å². The normalized spacial score (nSPS) is 11.3. The Morgan fingerprint density at radius 1 is 0.771 bits per heavy atom. The first-order valence-electron chi connectivity index (χ1n) is 11.1. The summed E-state index contributed by atoms with van der Waals surface area (Å²) < 4.78 is 33.6. The van der Waals surface area contributed by atoms with Crippen LogP contribution in [0.4, 0.5) is 5.69 Å². The fourth-order valence-electron chi connectivity index (χ4n) is 3.46. The maximum absolute atomic E-state index is 13.3. The number of nitrogens with zero attached hydrogens (tertiary/aromatic N) is 1. The Kier molecular flexibility index (Phi) is 7.60. The van der Waals surface area contributed by atoms with E-state index in [9.17, 15) is 13.2 Å². The summed E-state index contributed by atoms with van der Waals surface area (Å²) in [6.07, 6.45) is 0. The molecule has 4 aromatic rings. The lowest BCUT2D eigenvalue weighted by Crippen LogP contribution is -2.37. The van der Waals surface area contributed by atoms with Crippen molar-refractivity contribution in [1.82, 2.24) is 4.31 Å². The summed E-state index contributed by atoms with van der Waals surface area (Å²) in [4.78, 5) is 13.0. The van der Waals surface area contributed by atoms with E-state index in [1.165, 1.54) is 16.4 Å². The fourth-order valence-corrected chi connectivity index (χ4v) is 4.86. The highest BCUT2D eigenvalue weighted by Gasteiger charge is 2.27. The third kappa shape index (κ3) is 6.56. The van der Waals surface area contributed by atoms with E-state index in [1.54, 1.807) is 42.5 Å². The number of carbonyl (C=O) groups is 1. The minimum absolute atomic E-state index is 0.0782. The molecule has 7 heteroatoms. The molecule has 1 N–H and O–H groups in total. The number of hydrogen-bond donors (Lipinski definition) is 1. The molecule has 0 atom stereocenters. The number of hydrogen-bond acceptors (Lipinski definition) is 4. The molecule has 0 heterocycles. The van der Waals surface area contributed by atoms with Gasteiger partial charge >= 0.3 is 0 Å². The zero-order chi connectivity index (χ0) is 24.7. The Balaban J connectivity index is 1.48. The summed E-state index contributed by atoms with van der Waals surface area (Å²) in [6, 6.07) is 32.0. The van der Waals surface area contributed by atoms with Crippen LogP contribution in [-0.4, -0.2) is 25.2 Å². The van der Waals surface area contributed by atoms with E-state index in [0.29, 0.717) is 17.2 Å². The van der Waals surface area contributed by atoms with Gasteiger partial charge < -0.3 is 10.1 Å². The van der Waals surface area contributed by atoms with Crippen molar-refractivity contribution in [2.75, 3.05) is 11.9 Å². The molecule has 0 spiro atoms. The Morgan fingerprint density at radius 3 is 1.97 bits per heavy atom. The standard InChI is InChI=1S/C28H26N2O4S/c1-22-12-14-23(15-13-22)20-30(35(32,33)27-10-6-3-7-11-27)21-28(31)29-24-16-18-26(19-17-24)34-25-8-4-2-5-9-25/h2-19H,20-21H2,1H3,(H,29,31). The van der Waals surface area contributed by atoms with Crippen molar-refractivity contribution < 1.29 is 17.9 Å². The predicted octanol–water partition coefficient (Wildman–Crippen LogP) is 5.62. The molecule has 0 aliphatic rings. The molecule has 6 nitrogen and oxygen atoms in total. The van der Waals surface area contributed by atoms with E-state index in [1.807, 2.05) is 61.5 Å². The van der Waals surface area contributed by atoms with Gasteiger partial charge in [-0.25, -0.2) is 8.42 Å². The highest BCUT2D eigenvalue weighted by molar-refractivity contribution is 7.89. The van der Waals surface area contributed by atoms with Gasteiger partial charge in [-0.05, 0) is 61.0 Å². The van der Waals surface area contributed by atoms with Crippen LogP contribution in [0.1, 0.15) is 11.1 Å². The quantitative estimate of drug-likeness (QED) is 0.333. The number of rotatable bonds is 9. The summed E-state index contributed by atoms with van der Waals surface area (Å²) in [5.74, 6) is 0.900. The first-order chi connectivity index (χ1) is 16.9. The molecule has 0 aliphatic carbocycles. The number of sulfonamides is 1. The molecule has 0 unspecified atom stereocenters. The van der Waals surface area contributed by atoms with Crippen molar-refractivity contribution in [2.45, 2.75) is 18.4 Å². The molecule has 0 saturated heterocycles. The fraction of sp³-hybridized carbons (Fsp3) is 0.107. The Morgan fingerprint density at radius 2 is 1.34 bits per heavy atom. The zero-order valence-corrected chi connectivity index (χ0v) is 20.1. The highest BCUT2D eigenvalue weighted by atomic mass is 32.2. The summed E-state index contributed by atoms with van der Waals surface area (Å²) in [5.41, 5.74) is 2.41. The summed E-state index contributed by atoms with van der Waals surface area (Å²) in [7, 11) is -3.89. The van der Waals surface area contributed by atoms with Gasteiger partial charge in [-0.3, -0.25) is 4.79 Å². The first-order valence-corrected chi connectivity index (χ1v) is 12.6. The molecular formula is C28H26N2O4S. The van der Waals surface area contributed by atoms with Crippen LogP contribution in [-0.2, 0) is 21.4 Å². The number of aryl methyl sites for hydroxylation is 1. The van der Waals surface area contributed by atoms with Gasteiger partial charge in [-0.2, -0.15) is 4.31 Å². The monoisotopic (exact) mass is 486 g/mol. The molecule has 35 heavy (non-hydrogen) atoms. The van der Waals surface area contributed by atoms with Gasteiger partial charge in [0.05, 0.1) is 11.4 Å². The van der Waals surface area contributed by atoms with Crippen LogP contribution in [0.5, 0.6) is 11.5 Å². The third-order valence-corrected chi connectivity index (χ3v) is 7.10. The van der Waals surface area contributed by atoms with Crippen molar-refractivity contribution in [1.29, 1.82) is 0 Å². The summed E-state index contributed by atoms with van der Waals surface area (Å²) in [6.45, 7) is 1.72. The number of carbonyl (C=O) groups excluding carboxylic acids is 1. The van der Waals surface area contributed by atoms with E-state index >= 15 is 0 Å². The zero-order valence-electron chi connectivity index (χ0n) is 19.3. The smallest absolute Gasteiger partial charge is 0.243 e. The topological polar surface area (TPSA) is 75.7 Å². The maximum atomic E-state index is 13.3. The summed E-state index contributed by atoms with van der Waals surface area (Å²) >= 11 is 0. The second-order valence-corrected chi connectivity index (χ2v) is 10.00. The SMILES string of the molecule is Cc1ccc(CN(CC(=O)Nc2ccc(Oc3ccccc3)cc2)S(=O)(=O)c2ccccc2)cc1. The number of para-hydroxylation sites is 1. The predicted molar refractivity (Wildman–Crippen MR) is 137 cm³/mol. The van der Waals surface area contributed by atoms with Crippen LogP contribution in [0.2, 0.25) is 0 Å². The first kappa shape index (κ1) is 24.2. The largest absolute Gasteiger partial charge is 0.457 e. The highest BCUT2D eigenvalue weighted by Crippen LogP contribution is 2.23. The van der Waals surface area contributed by atoms with Crippen molar-refractivity contribution >= 4 is 21.6 Å². The third-order valence-electron chi connectivity index (χ3n) is 5.30. The lowest BCUT2D eigenvalue weighted by atomic mass is 10.1. The minimum Gasteiger partial charge on any atom is -0.457 e. The number of anilines is 1. The van der Waals surface area contributed by atoms with Crippen molar-refractivity contribution in [2.24, 2.45) is 0 Å². The molecule has 178 valence electrons. The van der Waals surface area contributed by atoms with Crippen molar-refractivity contribution in [3.05, 3.63) is 120 Å². The Hall–Kier alpha value is -3.94. The average Bonchev–Trinajstić information content (AvgIpc) is 2.87. The maximum Gasteiger partial charge on any atom is 0.243 e. The van der Waals surface area contributed by atoms with Gasteiger partial charge in [0, 0.05) is 12.2 Å². The molecule has 0 bridgehead atoms. The molecule has 0 aliphatic heterocycles. The number of benzene rings is 4. The lowest BCUT2D eigenvalue weighted by molar-refractivity contribution is -0.116. The Labute approximate surface area is 205 Å². The van der Waals surface area contributed by atoms with Crippen LogP contribution in [0.3, 0.4) is 0 Å². The van der Waals surface area contributed by atoms with Gasteiger partial charge in [0.15, 0.2) is 0 Å². The molecule has 4 aromatic carbocycles. The van der Waals surface area contributed by atoms with Gasteiger partial charge in [0.2, 0.25) is 15.9 Å². The van der Waals surface area contributed by atoms with E-state index in [2.05, 4.69) is 5.32 Å². The van der Waals surface area contributed by atoms with Gasteiger partial charge in [0.25, 0.3) is 0 Å². The molecule has 0 radical (unpaired) electrons. The Bertz CT molecular complexity index is 1360. The molecule has 0 aromatic heterocycles. The number of amides is 1. The van der Waals surface area contributed by atoms with E-state index in [0.717, 1.165) is 11.1 Å². The molecule has 1 amide bonds. The molecule has 4 rings (SSSR count).